The molecule has 12 heavy (non-hydrogen) atoms. The van der Waals surface area contributed by atoms with Crippen LogP contribution in [-0.4, -0.2) is 27.4 Å². The maximum Gasteiger partial charge on any atom is 0.236 e. The van der Waals surface area contributed by atoms with Gasteiger partial charge in [-0.1, -0.05) is 0 Å². The van der Waals surface area contributed by atoms with Gasteiger partial charge in [0.05, 0.1) is 6.54 Å². The topological polar surface area (TPSA) is 120 Å². The Balaban J connectivity index is 2.57. The first-order chi connectivity index (χ1) is 5.68. The normalized spacial score (nSPS) is 9.33. The molecule has 1 aromatic heterocycles. The molecule has 0 radical (unpaired) electrons. The number of carbonyl (C=O) groups is 1. The lowest BCUT2D eigenvalue weighted by molar-refractivity contribution is -0.116. The Bertz CT molecular complexity index is 287. The number of hydrogen-bond donors (Lipinski definition) is 3. The number of aromatic nitrogens is 3. The van der Waals surface area contributed by atoms with E-state index in [1.54, 1.807) is 0 Å². The van der Waals surface area contributed by atoms with Crippen molar-refractivity contribution in [1.82, 2.24) is 15.0 Å². The van der Waals surface area contributed by atoms with E-state index >= 15 is 0 Å². The molecule has 0 aliphatic heterocycles. The Hall–Kier alpha value is -1.92. The standard InChI is InChI=1S/C5H8N6O/c6-3(12)1-8-5-10-2-9-4(7)11-5/h2H,1H2,(H2,6,12)(H3,7,8,9,10,11). The predicted octanol–water partition coefficient (Wildman–Crippen LogP) is -1.65. The molecule has 0 aliphatic rings. The summed E-state index contributed by atoms with van der Waals surface area (Å²) in [7, 11) is 0. The lowest BCUT2D eigenvalue weighted by Gasteiger charge is -2.00. The highest BCUT2D eigenvalue weighted by molar-refractivity contribution is 5.78. The van der Waals surface area contributed by atoms with Gasteiger partial charge in [-0.05, 0) is 0 Å². The SMILES string of the molecule is NC(=O)CNc1ncnc(N)n1. The molecule has 1 amide bonds. The first-order valence-electron chi connectivity index (χ1n) is 3.15. The van der Waals surface area contributed by atoms with E-state index in [9.17, 15) is 4.79 Å². The van der Waals surface area contributed by atoms with Crippen molar-refractivity contribution in [2.75, 3.05) is 17.6 Å². The van der Waals surface area contributed by atoms with Crippen molar-refractivity contribution < 1.29 is 4.79 Å². The Labute approximate surface area is 68.2 Å². The molecule has 5 N–H and O–H groups in total. The Kier molecular flexibility index (Phi) is 2.36. The molecule has 0 saturated carbocycles. The van der Waals surface area contributed by atoms with Gasteiger partial charge < -0.3 is 16.8 Å². The molecule has 0 atom stereocenters. The van der Waals surface area contributed by atoms with E-state index in [4.69, 9.17) is 11.5 Å². The molecule has 1 rings (SSSR count). The van der Waals surface area contributed by atoms with Gasteiger partial charge in [0.2, 0.25) is 17.8 Å². The minimum Gasteiger partial charge on any atom is -0.368 e. The van der Waals surface area contributed by atoms with E-state index in [-0.39, 0.29) is 18.4 Å². The first kappa shape index (κ1) is 8.18. The van der Waals surface area contributed by atoms with Gasteiger partial charge in [-0.15, -0.1) is 0 Å². The Morgan fingerprint density at radius 2 is 2.33 bits per heavy atom. The van der Waals surface area contributed by atoms with Crippen molar-refractivity contribution >= 4 is 17.8 Å². The maximum atomic E-state index is 10.3. The second kappa shape index (κ2) is 3.46. The van der Waals surface area contributed by atoms with Crippen LogP contribution in [0.4, 0.5) is 11.9 Å². The molecule has 0 bridgehead atoms. The molecular formula is C5H8N6O. The van der Waals surface area contributed by atoms with Crippen LogP contribution >= 0.6 is 0 Å². The van der Waals surface area contributed by atoms with Gasteiger partial charge in [0.15, 0.2) is 0 Å². The van der Waals surface area contributed by atoms with E-state index in [0.717, 1.165) is 0 Å². The fourth-order valence-electron chi connectivity index (χ4n) is 0.560. The van der Waals surface area contributed by atoms with Gasteiger partial charge in [-0.25, -0.2) is 9.97 Å². The van der Waals surface area contributed by atoms with Crippen molar-refractivity contribution in [3.8, 4) is 0 Å². The lowest BCUT2D eigenvalue weighted by atomic mass is 10.6. The average Bonchev–Trinajstić information content (AvgIpc) is 2.01. The third-order valence-electron chi connectivity index (χ3n) is 1.01. The predicted molar refractivity (Wildman–Crippen MR) is 41.9 cm³/mol. The number of nitrogens with zero attached hydrogens (tertiary/aromatic N) is 3. The number of nitrogen functional groups attached to an aromatic ring is 1. The quantitative estimate of drug-likeness (QED) is 0.497. The third-order valence-corrected chi connectivity index (χ3v) is 1.01. The van der Waals surface area contributed by atoms with Gasteiger partial charge in [-0.2, -0.15) is 4.98 Å². The van der Waals surface area contributed by atoms with E-state index < -0.39 is 5.91 Å². The molecule has 0 fully saturated rings. The number of carbonyl (C=O) groups excluding carboxylic acids is 1. The summed E-state index contributed by atoms with van der Waals surface area (Å²) in [5.74, 6) is -0.160. The number of hydrogen-bond acceptors (Lipinski definition) is 6. The molecule has 0 aromatic carbocycles. The molecule has 0 spiro atoms. The van der Waals surface area contributed by atoms with Crippen LogP contribution < -0.4 is 16.8 Å². The third kappa shape index (κ3) is 2.37. The van der Waals surface area contributed by atoms with E-state index in [0.29, 0.717) is 0 Å². The summed E-state index contributed by atoms with van der Waals surface area (Å²) in [6.07, 6.45) is 1.24. The summed E-state index contributed by atoms with van der Waals surface area (Å²) >= 11 is 0. The van der Waals surface area contributed by atoms with Gasteiger partial charge in [0.1, 0.15) is 6.33 Å². The highest BCUT2D eigenvalue weighted by Gasteiger charge is 1.97. The summed E-state index contributed by atoms with van der Waals surface area (Å²) in [5, 5.41) is 2.57. The van der Waals surface area contributed by atoms with E-state index in [1.807, 2.05) is 0 Å². The Morgan fingerprint density at radius 3 is 2.92 bits per heavy atom. The highest BCUT2D eigenvalue weighted by atomic mass is 16.1. The van der Waals surface area contributed by atoms with Crippen molar-refractivity contribution in [1.29, 1.82) is 0 Å². The molecule has 1 heterocycles. The van der Waals surface area contributed by atoms with Gasteiger partial charge in [0.25, 0.3) is 0 Å². The monoisotopic (exact) mass is 168 g/mol. The minimum atomic E-state index is -0.492. The average molecular weight is 168 g/mol. The number of primary amides is 1. The fraction of sp³-hybridized carbons (Fsp3) is 0.200. The van der Waals surface area contributed by atoms with Crippen LogP contribution in [0.2, 0.25) is 0 Å². The summed E-state index contributed by atoms with van der Waals surface area (Å²) in [4.78, 5) is 21.3. The van der Waals surface area contributed by atoms with Crippen molar-refractivity contribution in [2.24, 2.45) is 5.73 Å². The van der Waals surface area contributed by atoms with Crippen molar-refractivity contribution in [2.45, 2.75) is 0 Å². The van der Waals surface area contributed by atoms with Crippen LogP contribution in [0.3, 0.4) is 0 Å². The molecule has 7 nitrogen and oxygen atoms in total. The van der Waals surface area contributed by atoms with Crippen LogP contribution in [0.1, 0.15) is 0 Å². The summed E-state index contributed by atoms with van der Waals surface area (Å²) in [5.41, 5.74) is 10.1. The van der Waals surface area contributed by atoms with Crippen LogP contribution in [0.15, 0.2) is 6.33 Å². The largest absolute Gasteiger partial charge is 0.368 e. The highest BCUT2D eigenvalue weighted by Crippen LogP contribution is 1.95. The summed E-state index contributed by atoms with van der Waals surface area (Å²) in [6.45, 7) is -0.0244. The smallest absolute Gasteiger partial charge is 0.236 e. The minimum absolute atomic E-state index is 0.0244. The number of anilines is 2. The molecule has 0 aliphatic carbocycles. The van der Waals surface area contributed by atoms with Gasteiger partial charge in [0, 0.05) is 0 Å². The van der Waals surface area contributed by atoms with E-state index in [2.05, 4.69) is 20.3 Å². The second-order valence-electron chi connectivity index (χ2n) is 1.99. The van der Waals surface area contributed by atoms with Gasteiger partial charge in [-0.3, -0.25) is 4.79 Å². The van der Waals surface area contributed by atoms with Crippen LogP contribution in [-0.2, 0) is 4.79 Å². The van der Waals surface area contributed by atoms with Crippen LogP contribution in [0.5, 0.6) is 0 Å². The molecule has 0 saturated heterocycles. The number of nitrogens with one attached hydrogen (secondary N) is 1. The van der Waals surface area contributed by atoms with Crippen molar-refractivity contribution in [3.05, 3.63) is 6.33 Å². The number of amides is 1. The maximum absolute atomic E-state index is 10.3. The van der Waals surface area contributed by atoms with Gasteiger partial charge >= 0.3 is 0 Å². The second-order valence-corrected chi connectivity index (χ2v) is 1.99. The molecule has 64 valence electrons. The summed E-state index contributed by atoms with van der Waals surface area (Å²) in [6, 6.07) is 0. The zero-order valence-corrected chi connectivity index (χ0v) is 6.19. The molecular weight excluding hydrogens is 160 g/mol. The van der Waals surface area contributed by atoms with E-state index in [1.165, 1.54) is 6.33 Å². The summed E-state index contributed by atoms with van der Waals surface area (Å²) < 4.78 is 0. The molecule has 7 heteroatoms. The molecule has 1 aromatic rings. The number of rotatable bonds is 3. The van der Waals surface area contributed by atoms with Crippen LogP contribution in [0.25, 0.3) is 0 Å². The lowest BCUT2D eigenvalue weighted by Crippen LogP contribution is -2.22. The zero-order chi connectivity index (χ0) is 8.97. The molecule has 0 unspecified atom stereocenters. The Morgan fingerprint density at radius 1 is 1.58 bits per heavy atom. The van der Waals surface area contributed by atoms with Crippen molar-refractivity contribution in [3.63, 3.8) is 0 Å². The number of nitrogens with two attached hydrogens (primary N) is 2. The zero-order valence-electron chi connectivity index (χ0n) is 6.19. The fourth-order valence-corrected chi connectivity index (χ4v) is 0.560. The first-order valence-corrected chi connectivity index (χ1v) is 3.15. The van der Waals surface area contributed by atoms with Crippen LogP contribution in [0, 0.1) is 0 Å².